The molecule has 6 nitrogen and oxygen atoms in total. The van der Waals surface area contributed by atoms with Crippen molar-refractivity contribution in [3.05, 3.63) is 42.2 Å². The molecule has 1 fully saturated rings. The second-order valence-electron chi connectivity index (χ2n) is 5.19. The number of imidazole rings is 1. The molecule has 6 heteroatoms. The third-order valence-electron chi connectivity index (χ3n) is 3.73. The smallest absolute Gasteiger partial charge is 0.230 e. The maximum Gasteiger partial charge on any atom is 0.230 e. The van der Waals surface area contributed by atoms with Gasteiger partial charge >= 0.3 is 0 Å². The minimum Gasteiger partial charge on any atom is -0.369 e. The molecule has 2 N–H and O–H groups in total. The molecule has 0 bridgehead atoms. The Morgan fingerprint density at radius 2 is 2.38 bits per heavy atom. The summed E-state index contributed by atoms with van der Waals surface area (Å²) in [4.78, 5) is 23.9. The number of nitrogens with one attached hydrogen (secondary N) is 2. The van der Waals surface area contributed by atoms with Crippen LogP contribution in [0.2, 0.25) is 0 Å². The third-order valence-corrected chi connectivity index (χ3v) is 3.73. The van der Waals surface area contributed by atoms with Crippen LogP contribution in [0.1, 0.15) is 30.3 Å². The van der Waals surface area contributed by atoms with Gasteiger partial charge in [-0.2, -0.15) is 0 Å². The summed E-state index contributed by atoms with van der Waals surface area (Å²) in [6.07, 6.45) is 8.19. The lowest BCUT2D eigenvalue weighted by Crippen LogP contribution is -2.33. The van der Waals surface area contributed by atoms with Crippen molar-refractivity contribution in [2.75, 3.05) is 11.9 Å². The monoisotopic (exact) mass is 286 g/mol. The highest BCUT2D eigenvalue weighted by Crippen LogP contribution is 2.32. The highest BCUT2D eigenvalue weighted by atomic mass is 16.5. The summed E-state index contributed by atoms with van der Waals surface area (Å²) in [6.45, 7) is 2.58. The van der Waals surface area contributed by atoms with E-state index in [1.807, 2.05) is 6.92 Å². The van der Waals surface area contributed by atoms with Gasteiger partial charge in [0.25, 0.3) is 0 Å². The maximum absolute atomic E-state index is 12.6. The molecule has 3 heterocycles. The van der Waals surface area contributed by atoms with Gasteiger partial charge in [0.05, 0.1) is 5.92 Å². The number of aromatic amines is 1. The van der Waals surface area contributed by atoms with Crippen molar-refractivity contribution in [1.29, 1.82) is 0 Å². The van der Waals surface area contributed by atoms with Gasteiger partial charge in [0.1, 0.15) is 11.9 Å². The predicted molar refractivity (Wildman–Crippen MR) is 77.6 cm³/mol. The molecular weight excluding hydrogens is 268 g/mol. The minimum atomic E-state index is -0.309. The number of hydrogen-bond acceptors (Lipinski definition) is 4. The number of amides is 1. The number of rotatable bonds is 3. The Morgan fingerprint density at radius 3 is 3.14 bits per heavy atom. The van der Waals surface area contributed by atoms with Crippen molar-refractivity contribution >= 4 is 11.6 Å². The van der Waals surface area contributed by atoms with Crippen LogP contribution in [-0.4, -0.2) is 27.5 Å². The van der Waals surface area contributed by atoms with Crippen molar-refractivity contribution in [1.82, 2.24) is 15.0 Å². The molecule has 2 aromatic heterocycles. The first-order valence-corrected chi connectivity index (χ1v) is 7.08. The number of carbonyl (C=O) groups excluding carboxylic acids is 1. The first-order valence-electron chi connectivity index (χ1n) is 7.08. The topological polar surface area (TPSA) is 79.9 Å². The maximum atomic E-state index is 12.6. The number of hydrogen-bond donors (Lipinski definition) is 2. The van der Waals surface area contributed by atoms with Gasteiger partial charge in [-0.15, -0.1) is 0 Å². The van der Waals surface area contributed by atoms with Crippen molar-refractivity contribution in [2.45, 2.75) is 25.9 Å². The number of aromatic nitrogens is 3. The summed E-state index contributed by atoms with van der Waals surface area (Å²) in [5, 5.41) is 2.97. The molecule has 1 aliphatic rings. The van der Waals surface area contributed by atoms with Crippen LogP contribution < -0.4 is 5.32 Å². The molecule has 1 aliphatic heterocycles. The van der Waals surface area contributed by atoms with E-state index in [4.69, 9.17) is 4.74 Å². The lowest BCUT2D eigenvalue weighted by atomic mass is 9.92. The fourth-order valence-corrected chi connectivity index (χ4v) is 2.59. The average molecular weight is 286 g/mol. The first-order chi connectivity index (χ1) is 10.3. The van der Waals surface area contributed by atoms with Crippen molar-refractivity contribution in [3.63, 3.8) is 0 Å². The molecule has 1 saturated heterocycles. The van der Waals surface area contributed by atoms with Crippen LogP contribution in [0.4, 0.5) is 5.69 Å². The number of nitrogens with zero attached hydrogens (tertiary/aromatic N) is 2. The summed E-state index contributed by atoms with van der Waals surface area (Å²) >= 11 is 0. The molecule has 2 aromatic rings. The van der Waals surface area contributed by atoms with Crippen molar-refractivity contribution < 1.29 is 9.53 Å². The summed E-state index contributed by atoms with van der Waals surface area (Å²) in [5.74, 6) is 0.434. The van der Waals surface area contributed by atoms with Crippen LogP contribution in [0.3, 0.4) is 0 Å². The molecule has 0 spiro atoms. The Balaban J connectivity index is 1.77. The molecule has 2 atom stereocenters. The Morgan fingerprint density at radius 1 is 1.48 bits per heavy atom. The molecule has 3 rings (SSSR count). The Kier molecular flexibility index (Phi) is 3.96. The SMILES string of the molecule is Cc1cnccc1NC(=O)[C@@H]1CCCO[C@H]1c1ncc[nH]1. The van der Waals surface area contributed by atoms with E-state index < -0.39 is 0 Å². The molecule has 0 radical (unpaired) electrons. The third kappa shape index (κ3) is 2.95. The number of ether oxygens (including phenoxy) is 1. The zero-order valence-electron chi connectivity index (χ0n) is 11.9. The van der Waals surface area contributed by atoms with Gasteiger partial charge in [-0.3, -0.25) is 9.78 Å². The minimum absolute atomic E-state index is 0.0367. The van der Waals surface area contributed by atoms with E-state index in [1.54, 1.807) is 30.9 Å². The van der Waals surface area contributed by atoms with Gasteiger partial charge in [-0.05, 0) is 31.4 Å². The van der Waals surface area contributed by atoms with Crippen LogP contribution in [0.15, 0.2) is 30.9 Å². The number of pyridine rings is 1. The summed E-state index contributed by atoms with van der Waals surface area (Å²) < 4.78 is 5.76. The second-order valence-corrected chi connectivity index (χ2v) is 5.19. The van der Waals surface area contributed by atoms with Crippen LogP contribution in [0.25, 0.3) is 0 Å². The lowest BCUT2D eigenvalue weighted by molar-refractivity contribution is -0.129. The fraction of sp³-hybridized carbons (Fsp3) is 0.400. The average Bonchev–Trinajstić information content (AvgIpc) is 3.04. The second kappa shape index (κ2) is 6.05. The van der Waals surface area contributed by atoms with Crippen molar-refractivity contribution in [3.8, 4) is 0 Å². The quantitative estimate of drug-likeness (QED) is 0.906. The van der Waals surface area contributed by atoms with E-state index in [9.17, 15) is 4.79 Å². The number of anilines is 1. The lowest BCUT2D eigenvalue weighted by Gasteiger charge is -2.29. The van der Waals surface area contributed by atoms with Crippen molar-refractivity contribution in [2.24, 2.45) is 5.92 Å². The highest BCUT2D eigenvalue weighted by molar-refractivity contribution is 5.93. The van der Waals surface area contributed by atoms with E-state index in [0.29, 0.717) is 12.4 Å². The Bertz CT molecular complexity index is 612. The zero-order chi connectivity index (χ0) is 14.7. The molecule has 0 aromatic carbocycles. The van der Waals surface area contributed by atoms with Crippen LogP contribution in [0.5, 0.6) is 0 Å². The summed E-state index contributed by atoms with van der Waals surface area (Å²) in [6, 6.07) is 1.80. The Labute approximate surface area is 123 Å². The zero-order valence-corrected chi connectivity index (χ0v) is 11.9. The molecule has 0 saturated carbocycles. The van der Waals surface area contributed by atoms with Gasteiger partial charge in [0.2, 0.25) is 5.91 Å². The number of aryl methyl sites for hydroxylation is 1. The first kappa shape index (κ1) is 13.8. The largest absolute Gasteiger partial charge is 0.369 e. The van der Waals surface area contributed by atoms with Crippen LogP contribution >= 0.6 is 0 Å². The molecule has 21 heavy (non-hydrogen) atoms. The van der Waals surface area contributed by atoms with E-state index in [2.05, 4.69) is 20.3 Å². The highest BCUT2D eigenvalue weighted by Gasteiger charge is 2.34. The summed E-state index contributed by atoms with van der Waals surface area (Å²) in [5.41, 5.74) is 1.73. The standard InChI is InChI=1S/C15H18N4O2/c1-10-9-16-5-4-12(10)19-15(20)11-3-2-8-21-13(11)14-17-6-7-18-14/h4-7,9,11,13H,2-3,8H2,1H3,(H,17,18)(H,16,19,20)/t11-,13-/m1/s1. The van der Waals surface area contributed by atoms with Gasteiger partial charge in [-0.1, -0.05) is 0 Å². The fourth-order valence-electron chi connectivity index (χ4n) is 2.59. The van der Waals surface area contributed by atoms with Gasteiger partial charge in [-0.25, -0.2) is 4.98 Å². The molecule has 110 valence electrons. The molecule has 0 unspecified atom stereocenters. The summed E-state index contributed by atoms with van der Waals surface area (Å²) in [7, 11) is 0. The van der Waals surface area contributed by atoms with Gasteiger partial charge in [0.15, 0.2) is 0 Å². The normalized spacial score (nSPS) is 22.0. The van der Waals surface area contributed by atoms with E-state index in [1.165, 1.54) is 0 Å². The van der Waals surface area contributed by atoms with Crippen LogP contribution in [0, 0.1) is 12.8 Å². The van der Waals surface area contributed by atoms with E-state index >= 15 is 0 Å². The van der Waals surface area contributed by atoms with Gasteiger partial charge < -0.3 is 15.0 Å². The Hall–Kier alpha value is -2.21. The van der Waals surface area contributed by atoms with E-state index in [0.717, 1.165) is 24.1 Å². The van der Waals surface area contributed by atoms with Gasteiger partial charge in [0, 0.05) is 37.1 Å². The van der Waals surface area contributed by atoms with Crippen LogP contribution in [-0.2, 0) is 9.53 Å². The molecule has 1 amide bonds. The molecule has 0 aliphatic carbocycles. The number of H-pyrrole nitrogens is 1. The molecular formula is C15H18N4O2. The number of carbonyl (C=O) groups is 1. The predicted octanol–water partition coefficient (Wildman–Crippen LogP) is 2.22. The van der Waals surface area contributed by atoms with E-state index in [-0.39, 0.29) is 17.9 Å².